The normalized spacial score (nSPS) is 12.7. The maximum Gasteiger partial charge on any atom is 0.131 e. The van der Waals surface area contributed by atoms with Crippen LogP contribution in [0.3, 0.4) is 0 Å². The minimum atomic E-state index is -0.569. The van der Waals surface area contributed by atoms with Gasteiger partial charge in [-0.15, -0.1) is 0 Å². The zero-order chi connectivity index (χ0) is 13.1. The number of nitrogens with one attached hydrogen (secondary N) is 1. The van der Waals surface area contributed by atoms with Crippen molar-refractivity contribution in [2.75, 3.05) is 6.54 Å². The standard InChI is InChI=1S/C14H15F2NO/c1-3-17-14(13-5-4-6-18-13)10-7-9(2)11(15)8-12(10)16/h4-8,14,17H,3H2,1-2H3. The molecule has 1 aromatic carbocycles. The van der Waals surface area contributed by atoms with Gasteiger partial charge in [0.15, 0.2) is 0 Å². The Kier molecular flexibility index (Phi) is 3.77. The molecule has 0 fully saturated rings. The third-order valence-corrected chi connectivity index (χ3v) is 2.82. The van der Waals surface area contributed by atoms with E-state index in [0.29, 0.717) is 23.4 Å². The van der Waals surface area contributed by atoms with Gasteiger partial charge in [0, 0.05) is 11.6 Å². The quantitative estimate of drug-likeness (QED) is 0.898. The lowest BCUT2D eigenvalue weighted by molar-refractivity contribution is 0.439. The number of halogens is 2. The van der Waals surface area contributed by atoms with Crippen molar-refractivity contribution in [3.05, 3.63) is 59.1 Å². The molecule has 18 heavy (non-hydrogen) atoms. The van der Waals surface area contributed by atoms with Crippen molar-refractivity contribution >= 4 is 0 Å². The lowest BCUT2D eigenvalue weighted by Gasteiger charge is -2.17. The van der Waals surface area contributed by atoms with Gasteiger partial charge in [0.1, 0.15) is 17.4 Å². The molecule has 0 radical (unpaired) electrons. The third-order valence-electron chi connectivity index (χ3n) is 2.82. The van der Waals surface area contributed by atoms with E-state index in [4.69, 9.17) is 4.42 Å². The van der Waals surface area contributed by atoms with Gasteiger partial charge < -0.3 is 9.73 Å². The molecule has 2 aromatic rings. The van der Waals surface area contributed by atoms with Gasteiger partial charge in [0.2, 0.25) is 0 Å². The average molecular weight is 251 g/mol. The fourth-order valence-corrected chi connectivity index (χ4v) is 1.92. The van der Waals surface area contributed by atoms with E-state index in [1.165, 1.54) is 12.3 Å². The molecule has 2 nitrogen and oxygen atoms in total. The van der Waals surface area contributed by atoms with Crippen LogP contribution in [-0.4, -0.2) is 6.54 Å². The van der Waals surface area contributed by atoms with Gasteiger partial charge in [0.05, 0.1) is 12.3 Å². The van der Waals surface area contributed by atoms with Crippen LogP contribution in [0.5, 0.6) is 0 Å². The molecule has 0 saturated carbocycles. The fourth-order valence-electron chi connectivity index (χ4n) is 1.92. The molecule has 1 N–H and O–H groups in total. The predicted octanol–water partition coefficient (Wildman–Crippen LogP) is 3.57. The number of hydrogen-bond donors (Lipinski definition) is 1. The van der Waals surface area contributed by atoms with Gasteiger partial charge in [-0.1, -0.05) is 6.92 Å². The van der Waals surface area contributed by atoms with E-state index >= 15 is 0 Å². The summed E-state index contributed by atoms with van der Waals surface area (Å²) in [5, 5.41) is 3.13. The molecule has 1 heterocycles. The van der Waals surface area contributed by atoms with Gasteiger partial charge >= 0.3 is 0 Å². The minimum absolute atomic E-state index is 0.394. The number of rotatable bonds is 4. The Labute approximate surface area is 105 Å². The van der Waals surface area contributed by atoms with Crippen LogP contribution in [-0.2, 0) is 0 Å². The van der Waals surface area contributed by atoms with Crippen LogP contribution in [0.15, 0.2) is 34.9 Å². The topological polar surface area (TPSA) is 25.2 Å². The molecule has 0 spiro atoms. The van der Waals surface area contributed by atoms with E-state index in [1.807, 2.05) is 6.92 Å². The van der Waals surface area contributed by atoms with E-state index in [0.717, 1.165) is 6.07 Å². The monoisotopic (exact) mass is 251 g/mol. The second kappa shape index (κ2) is 5.31. The van der Waals surface area contributed by atoms with Crippen molar-refractivity contribution in [3.8, 4) is 0 Å². The molecule has 1 aromatic heterocycles. The summed E-state index contributed by atoms with van der Waals surface area (Å²) in [5.41, 5.74) is 0.812. The molecule has 2 rings (SSSR count). The lowest BCUT2D eigenvalue weighted by Crippen LogP contribution is -2.22. The first-order valence-corrected chi connectivity index (χ1v) is 5.85. The lowest BCUT2D eigenvalue weighted by atomic mass is 10.0. The third kappa shape index (κ3) is 2.43. The highest BCUT2D eigenvalue weighted by Crippen LogP contribution is 2.26. The molecular weight excluding hydrogens is 236 g/mol. The highest BCUT2D eigenvalue weighted by molar-refractivity contribution is 5.32. The second-order valence-electron chi connectivity index (χ2n) is 4.13. The van der Waals surface area contributed by atoms with Crippen LogP contribution in [0.1, 0.15) is 29.9 Å². The Morgan fingerprint density at radius 2 is 2.06 bits per heavy atom. The van der Waals surface area contributed by atoms with Crippen LogP contribution < -0.4 is 5.32 Å². The fraction of sp³-hybridized carbons (Fsp3) is 0.286. The molecular formula is C14H15F2NO. The molecule has 96 valence electrons. The largest absolute Gasteiger partial charge is 0.467 e. The van der Waals surface area contributed by atoms with E-state index in [9.17, 15) is 8.78 Å². The molecule has 0 aliphatic rings. The molecule has 0 aliphatic heterocycles. The van der Waals surface area contributed by atoms with Crippen LogP contribution in [0, 0.1) is 18.6 Å². The van der Waals surface area contributed by atoms with Crippen LogP contribution in [0.4, 0.5) is 8.78 Å². The maximum atomic E-state index is 13.9. The zero-order valence-electron chi connectivity index (χ0n) is 10.3. The van der Waals surface area contributed by atoms with E-state index in [-0.39, 0.29) is 0 Å². The van der Waals surface area contributed by atoms with E-state index in [1.54, 1.807) is 19.1 Å². The molecule has 0 aliphatic carbocycles. The van der Waals surface area contributed by atoms with Gasteiger partial charge in [-0.05, 0) is 37.2 Å². The number of furan rings is 1. The minimum Gasteiger partial charge on any atom is -0.467 e. The molecule has 0 bridgehead atoms. The SMILES string of the molecule is CCNC(c1ccco1)c1cc(C)c(F)cc1F. The summed E-state index contributed by atoms with van der Waals surface area (Å²) >= 11 is 0. The summed E-state index contributed by atoms with van der Waals surface area (Å²) in [6.45, 7) is 4.19. The van der Waals surface area contributed by atoms with Crippen molar-refractivity contribution in [1.29, 1.82) is 0 Å². The molecule has 0 saturated heterocycles. The first-order chi connectivity index (χ1) is 8.63. The first kappa shape index (κ1) is 12.8. The number of hydrogen-bond acceptors (Lipinski definition) is 2. The van der Waals surface area contributed by atoms with E-state index < -0.39 is 17.7 Å². The van der Waals surface area contributed by atoms with Gasteiger partial charge in [-0.25, -0.2) is 8.78 Å². The average Bonchev–Trinajstić information content (AvgIpc) is 2.85. The molecule has 0 amide bonds. The highest BCUT2D eigenvalue weighted by atomic mass is 19.1. The smallest absolute Gasteiger partial charge is 0.131 e. The Bertz CT molecular complexity index is 523. The summed E-state index contributed by atoms with van der Waals surface area (Å²) in [5.74, 6) is -0.492. The van der Waals surface area contributed by atoms with Crippen molar-refractivity contribution < 1.29 is 13.2 Å². The van der Waals surface area contributed by atoms with E-state index in [2.05, 4.69) is 5.32 Å². The Morgan fingerprint density at radius 3 is 2.67 bits per heavy atom. The summed E-state index contributed by atoms with van der Waals surface area (Å²) < 4.78 is 32.4. The Hall–Kier alpha value is -1.68. The van der Waals surface area contributed by atoms with Crippen molar-refractivity contribution in [1.82, 2.24) is 5.32 Å². The van der Waals surface area contributed by atoms with Crippen LogP contribution >= 0.6 is 0 Å². The maximum absolute atomic E-state index is 13.9. The number of aryl methyl sites for hydroxylation is 1. The van der Waals surface area contributed by atoms with Gasteiger partial charge in [-0.2, -0.15) is 0 Å². The highest BCUT2D eigenvalue weighted by Gasteiger charge is 2.20. The first-order valence-electron chi connectivity index (χ1n) is 5.85. The zero-order valence-corrected chi connectivity index (χ0v) is 10.3. The Morgan fingerprint density at radius 1 is 1.28 bits per heavy atom. The van der Waals surface area contributed by atoms with Crippen molar-refractivity contribution in [3.63, 3.8) is 0 Å². The van der Waals surface area contributed by atoms with Gasteiger partial charge in [-0.3, -0.25) is 0 Å². The summed E-state index contributed by atoms with van der Waals surface area (Å²) in [6, 6.07) is 5.54. The second-order valence-corrected chi connectivity index (χ2v) is 4.13. The molecule has 4 heteroatoms. The summed E-state index contributed by atoms with van der Waals surface area (Å²) in [7, 11) is 0. The van der Waals surface area contributed by atoms with Crippen LogP contribution in [0.25, 0.3) is 0 Å². The summed E-state index contributed by atoms with van der Waals surface area (Å²) in [4.78, 5) is 0. The van der Waals surface area contributed by atoms with Crippen molar-refractivity contribution in [2.45, 2.75) is 19.9 Å². The van der Waals surface area contributed by atoms with Crippen molar-refractivity contribution in [2.24, 2.45) is 0 Å². The van der Waals surface area contributed by atoms with Gasteiger partial charge in [0.25, 0.3) is 0 Å². The number of benzene rings is 1. The Balaban J connectivity index is 2.46. The summed E-state index contributed by atoms with van der Waals surface area (Å²) in [6.07, 6.45) is 1.54. The van der Waals surface area contributed by atoms with Crippen LogP contribution in [0.2, 0.25) is 0 Å². The molecule has 1 atom stereocenters. The predicted molar refractivity (Wildman–Crippen MR) is 65.3 cm³/mol. The molecule has 1 unspecified atom stereocenters.